The highest BCUT2D eigenvalue weighted by molar-refractivity contribution is 5.80. The van der Waals surface area contributed by atoms with E-state index in [0.717, 1.165) is 0 Å². The molecule has 1 fully saturated rings. The Kier molecular flexibility index (Phi) is 3.50. The van der Waals surface area contributed by atoms with Gasteiger partial charge in [0.1, 0.15) is 6.10 Å². The van der Waals surface area contributed by atoms with E-state index in [0.29, 0.717) is 19.0 Å². The molecule has 0 aromatic heterocycles. The van der Waals surface area contributed by atoms with Gasteiger partial charge in [0.25, 0.3) is 5.91 Å². The van der Waals surface area contributed by atoms with Crippen molar-refractivity contribution < 1.29 is 15.0 Å². The van der Waals surface area contributed by atoms with Gasteiger partial charge >= 0.3 is 0 Å². The molecule has 1 saturated heterocycles. The molecule has 0 aromatic carbocycles. The summed E-state index contributed by atoms with van der Waals surface area (Å²) in [4.78, 5) is 13.0. The van der Waals surface area contributed by atoms with E-state index in [9.17, 15) is 9.90 Å². The van der Waals surface area contributed by atoms with Crippen LogP contribution in [0.2, 0.25) is 0 Å². The molecular formula is C10H19NO3. The van der Waals surface area contributed by atoms with E-state index in [2.05, 4.69) is 0 Å². The van der Waals surface area contributed by atoms with Crippen molar-refractivity contribution in [2.45, 2.75) is 33.0 Å². The molecule has 1 heterocycles. The molecule has 0 unspecified atom stereocenters. The molecule has 2 N–H and O–H groups in total. The van der Waals surface area contributed by atoms with Crippen LogP contribution < -0.4 is 0 Å². The van der Waals surface area contributed by atoms with Crippen LogP contribution in [0.15, 0.2) is 0 Å². The van der Waals surface area contributed by atoms with Gasteiger partial charge in [-0.15, -0.1) is 0 Å². The SMILES string of the molecule is CC(C)[C@@H]1CN(C(=O)[C@H](C)O)C[C@H]1O. The predicted molar refractivity (Wildman–Crippen MR) is 52.6 cm³/mol. The molecule has 0 radical (unpaired) electrons. The number of rotatable bonds is 2. The average molecular weight is 201 g/mol. The molecule has 3 atom stereocenters. The first-order chi connectivity index (χ1) is 6.43. The molecule has 14 heavy (non-hydrogen) atoms. The van der Waals surface area contributed by atoms with Gasteiger partial charge in [-0.3, -0.25) is 4.79 Å². The Balaban J connectivity index is 2.59. The quantitative estimate of drug-likeness (QED) is 0.653. The van der Waals surface area contributed by atoms with Gasteiger partial charge in [0.2, 0.25) is 0 Å². The number of hydrogen-bond donors (Lipinski definition) is 2. The monoisotopic (exact) mass is 201 g/mol. The van der Waals surface area contributed by atoms with E-state index in [1.54, 1.807) is 4.90 Å². The van der Waals surface area contributed by atoms with Crippen LogP contribution in [0.3, 0.4) is 0 Å². The van der Waals surface area contributed by atoms with Crippen molar-refractivity contribution in [2.75, 3.05) is 13.1 Å². The first-order valence-corrected chi connectivity index (χ1v) is 5.08. The fourth-order valence-electron chi connectivity index (χ4n) is 1.91. The molecule has 0 saturated carbocycles. The summed E-state index contributed by atoms with van der Waals surface area (Å²) in [7, 11) is 0. The summed E-state index contributed by atoms with van der Waals surface area (Å²) in [6.45, 7) is 6.43. The van der Waals surface area contributed by atoms with Crippen molar-refractivity contribution in [2.24, 2.45) is 11.8 Å². The maximum Gasteiger partial charge on any atom is 0.251 e. The maximum atomic E-state index is 11.4. The van der Waals surface area contributed by atoms with Crippen molar-refractivity contribution in [3.8, 4) is 0 Å². The number of likely N-dealkylation sites (tertiary alicyclic amines) is 1. The van der Waals surface area contributed by atoms with Crippen molar-refractivity contribution in [1.82, 2.24) is 4.90 Å². The fraction of sp³-hybridized carbons (Fsp3) is 0.900. The second-order valence-electron chi connectivity index (χ2n) is 4.39. The zero-order valence-corrected chi connectivity index (χ0v) is 8.97. The molecule has 4 nitrogen and oxygen atoms in total. The van der Waals surface area contributed by atoms with E-state index in [-0.39, 0.29) is 11.8 Å². The molecule has 1 rings (SSSR count). The van der Waals surface area contributed by atoms with Crippen LogP contribution >= 0.6 is 0 Å². The number of β-amino-alcohol motifs (C(OH)–C–C–N with tert-alkyl or cyclic N) is 1. The Morgan fingerprint density at radius 3 is 2.29 bits per heavy atom. The number of aliphatic hydroxyl groups is 2. The van der Waals surface area contributed by atoms with Gasteiger partial charge in [-0.2, -0.15) is 0 Å². The number of amides is 1. The van der Waals surface area contributed by atoms with Gasteiger partial charge in [0, 0.05) is 19.0 Å². The summed E-state index contributed by atoms with van der Waals surface area (Å²) in [5.74, 6) is 0.210. The summed E-state index contributed by atoms with van der Waals surface area (Å²) in [5.41, 5.74) is 0. The van der Waals surface area contributed by atoms with Crippen molar-refractivity contribution in [3.05, 3.63) is 0 Å². The molecule has 0 aromatic rings. The third kappa shape index (κ3) is 2.25. The predicted octanol–water partition coefficient (Wildman–Crippen LogP) is -0.158. The topological polar surface area (TPSA) is 60.8 Å². The van der Waals surface area contributed by atoms with Crippen molar-refractivity contribution in [3.63, 3.8) is 0 Å². The number of aliphatic hydroxyl groups excluding tert-OH is 2. The maximum absolute atomic E-state index is 11.4. The van der Waals surface area contributed by atoms with Gasteiger partial charge in [-0.25, -0.2) is 0 Å². The van der Waals surface area contributed by atoms with Crippen LogP contribution in [0.4, 0.5) is 0 Å². The Morgan fingerprint density at radius 2 is 1.93 bits per heavy atom. The molecule has 1 aliphatic heterocycles. The highest BCUT2D eigenvalue weighted by Crippen LogP contribution is 2.24. The summed E-state index contributed by atoms with van der Waals surface area (Å²) < 4.78 is 0. The third-order valence-electron chi connectivity index (χ3n) is 2.86. The van der Waals surface area contributed by atoms with Crippen molar-refractivity contribution in [1.29, 1.82) is 0 Å². The largest absolute Gasteiger partial charge is 0.391 e. The molecule has 0 bridgehead atoms. The average Bonchev–Trinajstić information content (AvgIpc) is 2.45. The van der Waals surface area contributed by atoms with E-state index in [1.165, 1.54) is 6.92 Å². The number of carbonyl (C=O) groups is 1. The highest BCUT2D eigenvalue weighted by atomic mass is 16.3. The van der Waals surface area contributed by atoms with Gasteiger partial charge in [-0.05, 0) is 12.8 Å². The lowest BCUT2D eigenvalue weighted by molar-refractivity contribution is -0.138. The van der Waals surface area contributed by atoms with E-state index < -0.39 is 12.2 Å². The molecule has 4 heteroatoms. The van der Waals surface area contributed by atoms with Gasteiger partial charge < -0.3 is 15.1 Å². The first kappa shape index (κ1) is 11.5. The highest BCUT2D eigenvalue weighted by Gasteiger charge is 2.36. The smallest absolute Gasteiger partial charge is 0.251 e. The second kappa shape index (κ2) is 4.28. The lowest BCUT2D eigenvalue weighted by Crippen LogP contribution is -2.36. The van der Waals surface area contributed by atoms with Gasteiger partial charge in [0.15, 0.2) is 0 Å². The zero-order valence-electron chi connectivity index (χ0n) is 8.97. The van der Waals surface area contributed by atoms with Gasteiger partial charge in [-0.1, -0.05) is 13.8 Å². The standard InChI is InChI=1S/C10H19NO3/c1-6(2)8-4-11(5-9(8)13)10(14)7(3)12/h6-9,12-13H,4-5H2,1-3H3/t7-,8-,9+/m0/s1. The zero-order chi connectivity index (χ0) is 10.9. The van der Waals surface area contributed by atoms with Crippen LogP contribution in [0.5, 0.6) is 0 Å². The van der Waals surface area contributed by atoms with Gasteiger partial charge in [0.05, 0.1) is 6.10 Å². The minimum atomic E-state index is -0.965. The summed E-state index contributed by atoms with van der Waals surface area (Å²) in [6.07, 6.45) is -1.41. The van der Waals surface area contributed by atoms with Crippen LogP contribution in [-0.4, -0.2) is 46.3 Å². The van der Waals surface area contributed by atoms with Crippen LogP contribution in [0.1, 0.15) is 20.8 Å². The summed E-state index contributed by atoms with van der Waals surface area (Å²) in [5, 5.41) is 18.8. The number of hydrogen-bond acceptors (Lipinski definition) is 3. The first-order valence-electron chi connectivity index (χ1n) is 5.08. The lowest BCUT2D eigenvalue weighted by Gasteiger charge is -2.19. The fourth-order valence-corrected chi connectivity index (χ4v) is 1.91. The second-order valence-corrected chi connectivity index (χ2v) is 4.39. The molecule has 0 spiro atoms. The van der Waals surface area contributed by atoms with Crippen LogP contribution in [-0.2, 0) is 4.79 Å². The normalized spacial score (nSPS) is 29.7. The summed E-state index contributed by atoms with van der Waals surface area (Å²) >= 11 is 0. The van der Waals surface area contributed by atoms with E-state index in [1.807, 2.05) is 13.8 Å². The van der Waals surface area contributed by atoms with Crippen LogP contribution in [0, 0.1) is 11.8 Å². The molecular weight excluding hydrogens is 182 g/mol. The Morgan fingerprint density at radius 1 is 1.36 bits per heavy atom. The third-order valence-corrected chi connectivity index (χ3v) is 2.86. The van der Waals surface area contributed by atoms with Crippen molar-refractivity contribution >= 4 is 5.91 Å². The molecule has 1 aliphatic rings. The number of carbonyl (C=O) groups excluding carboxylic acids is 1. The Labute approximate surface area is 84.5 Å². The minimum Gasteiger partial charge on any atom is -0.391 e. The van der Waals surface area contributed by atoms with Crippen LogP contribution in [0.25, 0.3) is 0 Å². The molecule has 1 amide bonds. The minimum absolute atomic E-state index is 0.137. The molecule has 0 aliphatic carbocycles. The van der Waals surface area contributed by atoms with E-state index >= 15 is 0 Å². The number of nitrogens with zero attached hydrogens (tertiary/aromatic N) is 1. The lowest BCUT2D eigenvalue weighted by atomic mass is 9.93. The molecule has 82 valence electrons. The Hall–Kier alpha value is -0.610. The Bertz CT molecular complexity index is 215. The van der Waals surface area contributed by atoms with E-state index in [4.69, 9.17) is 5.11 Å². The summed E-state index contributed by atoms with van der Waals surface area (Å²) in [6, 6.07) is 0.